The third-order valence-corrected chi connectivity index (χ3v) is 6.90. The Balaban J connectivity index is 2.40. The van der Waals surface area contributed by atoms with E-state index in [-0.39, 0.29) is 4.90 Å². The van der Waals surface area contributed by atoms with Crippen LogP contribution in [-0.4, -0.2) is 51.8 Å². The van der Waals surface area contributed by atoms with Gasteiger partial charge in [0.15, 0.2) is 5.82 Å². The zero-order valence-corrected chi connectivity index (χ0v) is 16.4. The first-order valence-corrected chi connectivity index (χ1v) is 10.3. The predicted octanol–water partition coefficient (Wildman–Crippen LogP) is 0.655. The Hall–Kier alpha value is -2.11. The molecule has 1 heterocycles. The number of nitrogens with two attached hydrogens (primary N) is 2. The number of rotatable bonds is 8. The second-order valence-electron chi connectivity index (χ2n) is 5.46. The van der Waals surface area contributed by atoms with Crippen molar-refractivity contribution in [1.29, 1.82) is 0 Å². The zero-order valence-electron chi connectivity index (χ0n) is 14.8. The molecule has 11 heteroatoms. The zero-order chi connectivity index (χ0) is 19.5. The summed E-state index contributed by atoms with van der Waals surface area (Å²) in [5, 5.41) is 7.75. The molecule has 1 aromatic carbocycles. The molecule has 0 fully saturated rings. The van der Waals surface area contributed by atoms with Crippen molar-refractivity contribution in [2.75, 3.05) is 18.9 Å². The molecule has 0 saturated carbocycles. The van der Waals surface area contributed by atoms with E-state index in [0.717, 1.165) is 11.8 Å². The maximum atomic E-state index is 12.7. The lowest BCUT2D eigenvalue weighted by Gasteiger charge is -2.18. The van der Waals surface area contributed by atoms with Gasteiger partial charge in [-0.1, -0.05) is 37.7 Å². The van der Waals surface area contributed by atoms with E-state index in [1.54, 1.807) is 32.9 Å². The lowest BCUT2D eigenvalue weighted by molar-refractivity contribution is -0.117. The number of hydrogen-bond acceptors (Lipinski definition) is 7. The summed E-state index contributed by atoms with van der Waals surface area (Å²) in [5.41, 5.74) is 5.75. The second kappa shape index (κ2) is 8.06. The van der Waals surface area contributed by atoms with Gasteiger partial charge in [0.1, 0.15) is 0 Å². The van der Waals surface area contributed by atoms with Crippen LogP contribution in [0.15, 0.2) is 34.3 Å². The van der Waals surface area contributed by atoms with Gasteiger partial charge in [-0.2, -0.15) is 4.31 Å². The van der Waals surface area contributed by atoms with Gasteiger partial charge in [0, 0.05) is 18.7 Å². The van der Waals surface area contributed by atoms with Gasteiger partial charge >= 0.3 is 0 Å². The molecule has 1 amide bonds. The first-order chi connectivity index (χ1) is 12.2. The van der Waals surface area contributed by atoms with Crippen molar-refractivity contribution < 1.29 is 13.2 Å². The summed E-state index contributed by atoms with van der Waals surface area (Å²) in [4.78, 5) is 11.4. The molecule has 0 aliphatic carbocycles. The number of sulfonamides is 1. The molecule has 2 aromatic rings. The lowest BCUT2D eigenvalue weighted by Crippen LogP contribution is -2.30. The van der Waals surface area contributed by atoms with Crippen LogP contribution in [0.3, 0.4) is 0 Å². The molecule has 4 N–H and O–H groups in total. The van der Waals surface area contributed by atoms with Gasteiger partial charge in [-0.05, 0) is 19.1 Å². The number of nitrogen functional groups attached to an aromatic ring is 1. The molecule has 9 nitrogen and oxygen atoms in total. The minimum absolute atomic E-state index is 0.154. The summed E-state index contributed by atoms with van der Waals surface area (Å²) in [6, 6.07) is 6.35. The summed E-state index contributed by atoms with van der Waals surface area (Å²) in [6.45, 7) is 5.96. The molecule has 0 aliphatic rings. The molecule has 0 aliphatic heterocycles. The number of primary amides is 1. The van der Waals surface area contributed by atoms with Crippen LogP contribution < -0.4 is 11.6 Å². The minimum Gasteiger partial charge on any atom is -0.369 e. The summed E-state index contributed by atoms with van der Waals surface area (Å²) < 4.78 is 28.0. The van der Waals surface area contributed by atoms with E-state index in [9.17, 15) is 13.2 Å². The first kappa shape index (κ1) is 20.2. The molecule has 1 atom stereocenters. The number of carbonyl (C=O) groups is 1. The molecule has 0 radical (unpaired) electrons. The van der Waals surface area contributed by atoms with Gasteiger partial charge in [0.05, 0.1) is 10.1 Å². The highest BCUT2D eigenvalue weighted by molar-refractivity contribution is 8.00. The van der Waals surface area contributed by atoms with Crippen molar-refractivity contribution in [3.05, 3.63) is 24.3 Å². The molecular formula is C15H22N6O3S2. The quantitative estimate of drug-likeness (QED) is 0.492. The monoisotopic (exact) mass is 398 g/mol. The van der Waals surface area contributed by atoms with E-state index in [1.807, 2.05) is 0 Å². The highest BCUT2D eigenvalue weighted by Crippen LogP contribution is 2.26. The van der Waals surface area contributed by atoms with Gasteiger partial charge in [-0.15, -0.1) is 10.2 Å². The number of aromatic nitrogens is 3. The number of thioether (sulfide) groups is 1. The fourth-order valence-electron chi connectivity index (χ4n) is 2.28. The summed E-state index contributed by atoms with van der Waals surface area (Å²) in [7, 11) is -3.60. The lowest BCUT2D eigenvalue weighted by atomic mass is 10.2. The second-order valence-corrected chi connectivity index (χ2v) is 8.70. The normalized spacial score (nSPS) is 13.1. The molecule has 142 valence electrons. The van der Waals surface area contributed by atoms with Crippen LogP contribution in [-0.2, 0) is 14.8 Å². The van der Waals surface area contributed by atoms with Crippen molar-refractivity contribution in [3.8, 4) is 11.4 Å². The summed E-state index contributed by atoms with van der Waals surface area (Å²) >= 11 is 1.08. The maximum absolute atomic E-state index is 12.7. The average Bonchev–Trinajstić information content (AvgIpc) is 2.96. The highest BCUT2D eigenvalue weighted by atomic mass is 32.2. The Morgan fingerprint density at radius 2 is 1.96 bits per heavy atom. The number of amides is 1. The van der Waals surface area contributed by atoms with E-state index >= 15 is 0 Å². The van der Waals surface area contributed by atoms with Gasteiger partial charge < -0.3 is 11.6 Å². The van der Waals surface area contributed by atoms with E-state index in [1.165, 1.54) is 21.1 Å². The Bertz CT molecular complexity index is 893. The standard InChI is InChI=1S/C15H22N6O3S2/c1-4-20(5-2)26(23,24)12-8-6-7-11(9-12)14-18-19-15(21(14)17)25-10(3)13(16)22/h6-10H,4-5,17H2,1-3H3,(H2,16,22). The fraction of sp³-hybridized carbons (Fsp3) is 0.400. The molecule has 0 saturated heterocycles. The van der Waals surface area contributed by atoms with Crippen LogP contribution in [0.2, 0.25) is 0 Å². The van der Waals surface area contributed by atoms with E-state index in [0.29, 0.717) is 29.6 Å². The summed E-state index contributed by atoms with van der Waals surface area (Å²) in [5.74, 6) is 5.81. The Morgan fingerprint density at radius 3 is 2.54 bits per heavy atom. The first-order valence-electron chi connectivity index (χ1n) is 7.99. The Kier molecular flexibility index (Phi) is 6.26. The molecule has 0 bridgehead atoms. The number of hydrogen-bond donors (Lipinski definition) is 2. The van der Waals surface area contributed by atoms with E-state index in [2.05, 4.69) is 10.2 Å². The molecule has 0 spiro atoms. The van der Waals surface area contributed by atoms with Crippen molar-refractivity contribution in [3.63, 3.8) is 0 Å². The van der Waals surface area contributed by atoms with Crippen LogP contribution in [0.5, 0.6) is 0 Å². The van der Waals surface area contributed by atoms with E-state index in [4.69, 9.17) is 11.6 Å². The SMILES string of the molecule is CCN(CC)S(=O)(=O)c1cccc(-c2nnc(SC(C)C(N)=O)n2N)c1. The highest BCUT2D eigenvalue weighted by Gasteiger charge is 2.23. The van der Waals surface area contributed by atoms with Crippen molar-refractivity contribution in [2.24, 2.45) is 5.73 Å². The summed E-state index contributed by atoms with van der Waals surface area (Å²) in [6.07, 6.45) is 0. The van der Waals surface area contributed by atoms with Crippen LogP contribution in [0, 0.1) is 0 Å². The van der Waals surface area contributed by atoms with Crippen molar-refractivity contribution in [1.82, 2.24) is 19.2 Å². The number of benzene rings is 1. The molecule has 1 unspecified atom stereocenters. The van der Waals surface area contributed by atoms with Crippen molar-refractivity contribution >= 4 is 27.7 Å². The van der Waals surface area contributed by atoms with Gasteiger partial charge in [0.2, 0.25) is 21.1 Å². The molecule has 26 heavy (non-hydrogen) atoms. The Morgan fingerprint density at radius 1 is 1.31 bits per heavy atom. The molecule has 1 aromatic heterocycles. The van der Waals surface area contributed by atoms with Crippen LogP contribution in [0.4, 0.5) is 0 Å². The van der Waals surface area contributed by atoms with E-state index < -0.39 is 21.2 Å². The number of carbonyl (C=O) groups excluding carboxylic acids is 1. The van der Waals surface area contributed by atoms with Gasteiger partial charge in [-0.25, -0.2) is 13.1 Å². The smallest absolute Gasteiger partial charge is 0.243 e. The average molecular weight is 399 g/mol. The van der Waals surface area contributed by atoms with Crippen molar-refractivity contribution in [2.45, 2.75) is 36.1 Å². The van der Waals surface area contributed by atoms with Crippen LogP contribution >= 0.6 is 11.8 Å². The predicted molar refractivity (Wildman–Crippen MR) is 100 cm³/mol. The molecule has 2 rings (SSSR count). The Labute approximate surface area is 156 Å². The third kappa shape index (κ3) is 4.00. The van der Waals surface area contributed by atoms with Gasteiger partial charge in [0.25, 0.3) is 0 Å². The third-order valence-electron chi connectivity index (χ3n) is 3.78. The maximum Gasteiger partial charge on any atom is 0.243 e. The molecular weight excluding hydrogens is 376 g/mol. The fourth-order valence-corrected chi connectivity index (χ4v) is 4.50. The number of nitrogens with zero attached hydrogens (tertiary/aromatic N) is 4. The van der Waals surface area contributed by atoms with Crippen LogP contribution in [0.1, 0.15) is 20.8 Å². The minimum atomic E-state index is -3.60. The van der Waals surface area contributed by atoms with Gasteiger partial charge in [-0.3, -0.25) is 4.79 Å². The largest absolute Gasteiger partial charge is 0.369 e. The van der Waals surface area contributed by atoms with Crippen LogP contribution in [0.25, 0.3) is 11.4 Å². The topological polar surface area (TPSA) is 137 Å².